The summed E-state index contributed by atoms with van der Waals surface area (Å²) in [6, 6.07) is 1.40. The smallest absolute Gasteiger partial charge is 0.425 e. The van der Waals surface area contributed by atoms with E-state index in [1.807, 2.05) is 0 Å². The number of aliphatic carboxylic acids is 1. The van der Waals surface area contributed by atoms with Crippen LogP contribution in [0.15, 0.2) is 30.8 Å². The molecule has 5 nitrogen and oxygen atoms in total. The van der Waals surface area contributed by atoms with Gasteiger partial charge in [-0.1, -0.05) is 0 Å². The minimum atomic E-state index is -4.55. The fourth-order valence-corrected chi connectivity index (χ4v) is 2.33. The van der Waals surface area contributed by atoms with Gasteiger partial charge in [0.25, 0.3) is 0 Å². The number of carboxylic acids is 1. The Bertz CT molecular complexity index is 560. The van der Waals surface area contributed by atoms with Crippen molar-refractivity contribution in [3.63, 3.8) is 0 Å². The van der Waals surface area contributed by atoms with Crippen molar-refractivity contribution in [1.29, 1.82) is 0 Å². The lowest BCUT2D eigenvalue weighted by atomic mass is 9.81. The van der Waals surface area contributed by atoms with Crippen LogP contribution >= 0.6 is 0 Å². The number of halogens is 3. The Morgan fingerprint density at radius 1 is 1.52 bits per heavy atom. The number of allylic oxidation sites excluding steroid dienone is 1. The first-order valence-corrected chi connectivity index (χ1v) is 6.11. The van der Waals surface area contributed by atoms with E-state index in [9.17, 15) is 23.1 Å². The molecule has 3 atom stereocenters. The molecule has 8 heteroatoms. The van der Waals surface area contributed by atoms with Gasteiger partial charge in [0.1, 0.15) is 0 Å². The average molecular weight is 302 g/mol. The average Bonchev–Trinajstić information content (AvgIpc) is 2.40. The lowest BCUT2D eigenvalue weighted by molar-refractivity contribution is -0.213. The van der Waals surface area contributed by atoms with Crippen LogP contribution in [-0.2, 0) is 9.53 Å². The first kappa shape index (κ1) is 15.1. The van der Waals surface area contributed by atoms with Crippen LogP contribution in [0.5, 0.6) is 0 Å². The quantitative estimate of drug-likeness (QED) is 0.895. The highest BCUT2D eigenvalue weighted by Crippen LogP contribution is 2.39. The van der Waals surface area contributed by atoms with Crippen LogP contribution in [0, 0.1) is 5.92 Å². The summed E-state index contributed by atoms with van der Waals surface area (Å²) in [7, 11) is 0. The molecule has 0 saturated carbocycles. The summed E-state index contributed by atoms with van der Waals surface area (Å²) in [6.07, 6.45) is -2.19. The molecule has 1 aromatic heterocycles. The van der Waals surface area contributed by atoms with Gasteiger partial charge in [0.05, 0.1) is 24.1 Å². The van der Waals surface area contributed by atoms with Crippen molar-refractivity contribution in [1.82, 2.24) is 4.98 Å². The molecule has 0 fully saturated rings. The topological polar surface area (TPSA) is 85.4 Å². The minimum absolute atomic E-state index is 0.133. The Morgan fingerprint density at radius 2 is 2.24 bits per heavy atom. The third-order valence-corrected chi connectivity index (χ3v) is 3.34. The molecule has 3 N–H and O–H groups in total. The maximum Gasteiger partial charge on any atom is 0.425 e. The molecule has 0 amide bonds. The van der Waals surface area contributed by atoms with Gasteiger partial charge in [-0.2, -0.15) is 13.2 Å². The molecule has 114 valence electrons. The molecule has 2 rings (SSSR count). The highest BCUT2D eigenvalue weighted by molar-refractivity contribution is 5.79. The van der Waals surface area contributed by atoms with Crippen molar-refractivity contribution < 1.29 is 27.8 Å². The number of carbonyl (C=O) groups is 1. The van der Waals surface area contributed by atoms with Crippen LogP contribution in [0.2, 0.25) is 0 Å². The molecule has 0 spiro atoms. The Morgan fingerprint density at radius 3 is 2.81 bits per heavy atom. The molecule has 0 aromatic carbocycles. The van der Waals surface area contributed by atoms with Crippen LogP contribution in [0.25, 0.3) is 0 Å². The van der Waals surface area contributed by atoms with Crippen molar-refractivity contribution in [2.24, 2.45) is 5.92 Å². The fourth-order valence-electron chi connectivity index (χ4n) is 2.33. The third-order valence-electron chi connectivity index (χ3n) is 3.34. The van der Waals surface area contributed by atoms with Gasteiger partial charge in [0, 0.05) is 18.5 Å². The number of pyridine rings is 1. The summed E-state index contributed by atoms with van der Waals surface area (Å²) >= 11 is 0. The van der Waals surface area contributed by atoms with E-state index in [1.165, 1.54) is 24.5 Å². The monoisotopic (exact) mass is 302 g/mol. The maximum absolute atomic E-state index is 12.7. The van der Waals surface area contributed by atoms with Gasteiger partial charge >= 0.3 is 12.1 Å². The predicted molar refractivity (Wildman–Crippen MR) is 67.2 cm³/mol. The number of alkyl halides is 3. The SMILES string of the molecule is Nc1cnccc1C(C(=O)O)C1C=COC(C(F)(F)F)C1. The zero-order chi connectivity index (χ0) is 15.6. The van der Waals surface area contributed by atoms with Gasteiger partial charge in [-0.25, -0.2) is 0 Å². The second-order valence-corrected chi connectivity index (χ2v) is 4.71. The number of rotatable bonds is 3. The number of carboxylic acid groups (broad SMARTS) is 1. The molecular weight excluding hydrogens is 289 g/mol. The number of ether oxygens (including phenoxy) is 1. The fraction of sp³-hybridized carbons (Fsp3) is 0.385. The number of nitrogens with zero attached hydrogens (tertiary/aromatic N) is 1. The lowest BCUT2D eigenvalue weighted by Gasteiger charge is -2.30. The molecule has 0 bridgehead atoms. The van der Waals surface area contributed by atoms with Gasteiger partial charge in [0.2, 0.25) is 0 Å². The second-order valence-electron chi connectivity index (χ2n) is 4.71. The highest BCUT2D eigenvalue weighted by atomic mass is 19.4. The van der Waals surface area contributed by atoms with Gasteiger partial charge in [-0.05, 0) is 17.7 Å². The minimum Gasteiger partial charge on any atom is -0.489 e. The number of hydrogen-bond acceptors (Lipinski definition) is 4. The largest absolute Gasteiger partial charge is 0.489 e. The van der Waals surface area contributed by atoms with E-state index in [2.05, 4.69) is 9.72 Å². The summed E-state index contributed by atoms with van der Waals surface area (Å²) in [5.41, 5.74) is 6.06. The molecule has 1 aromatic rings. The van der Waals surface area contributed by atoms with Crippen molar-refractivity contribution in [2.75, 3.05) is 5.73 Å². The van der Waals surface area contributed by atoms with E-state index < -0.39 is 36.5 Å². The van der Waals surface area contributed by atoms with Crippen LogP contribution in [0.3, 0.4) is 0 Å². The lowest BCUT2D eigenvalue weighted by Crippen LogP contribution is -2.36. The van der Waals surface area contributed by atoms with Gasteiger partial charge in [0.15, 0.2) is 6.10 Å². The summed E-state index contributed by atoms with van der Waals surface area (Å²) in [5.74, 6) is -3.30. The van der Waals surface area contributed by atoms with Crippen molar-refractivity contribution >= 4 is 11.7 Å². The summed E-state index contributed by atoms with van der Waals surface area (Å²) < 4.78 is 42.7. The van der Waals surface area contributed by atoms with Crippen LogP contribution in [0.1, 0.15) is 17.9 Å². The van der Waals surface area contributed by atoms with E-state index in [0.29, 0.717) is 0 Å². The zero-order valence-electron chi connectivity index (χ0n) is 10.7. The van der Waals surface area contributed by atoms with Crippen LogP contribution in [-0.4, -0.2) is 28.3 Å². The second kappa shape index (κ2) is 5.63. The summed E-state index contributed by atoms with van der Waals surface area (Å²) in [4.78, 5) is 15.2. The number of aromatic nitrogens is 1. The number of hydrogen-bond donors (Lipinski definition) is 2. The van der Waals surface area contributed by atoms with Crippen LogP contribution < -0.4 is 5.73 Å². The summed E-state index contributed by atoms with van der Waals surface area (Å²) in [5, 5.41) is 9.36. The molecule has 1 aliphatic rings. The number of anilines is 1. The molecule has 0 aliphatic carbocycles. The van der Waals surface area contributed by atoms with E-state index in [0.717, 1.165) is 6.26 Å². The van der Waals surface area contributed by atoms with E-state index in [4.69, 9.17) is 5.73 Å². The molecule has 2 heterocycles. The third kappa shape index (κ3) is 3.26. The van der Waals surface area contributed by atoms with Gasteiger partial charge < -0.3 is 15.6 Å². The highest BCUT2D eigenvalue weighted by Gasteiger charge is 2.46. The first-order valence-electron chi connectivity index (χ1n) is 6.11. The molecule has 1 aliphatic heterocycles. The van der Waals surface area contributed by atoms with E-state index in [1.54, 1.807) is 0 Å². The van der Waals surface area contributed by atoms with Crippen LogP contribution in [0.4, 0.5) is 18.9 Å². The molecule has 3 unspecified atom stereocenters. The Kier molecular flexibility index (Phi) is 4.06. The Labute approximate surface area is 118 Å². The predicted octanol–water partition coefficient (Wildman–Crippen LogP) is 2.31. The number of nitrogen functional groups attached to an aromatic ring is 1. The van der Waals surface area contributed by atoms with Crippen molar-refractivity contribution in [2.45, 2.75) is 24.6 Å². The maximum atomic E-state index is 12.7. The molecule has 0 saturated heterocycles. The van der Waals surface area contributed by atoms with Crippen molar-refractivity contribution in [3.05, 3.63) is 36.4 Å². The van der Waals surface area contributed by atoms with E-state index >= 15 is 0 Å². The van der Waals surface area contributed by atoms with Crippen molar-refractivity contribution in [3.8, 4) is 0 Å². The Hall–Kier alpha value is -2.25. The van der Waals surface area contributed by atoms with E-state index in [-0.39, 0.29) is 11.3 Å². The standard InChI is InChI=1S/C13H13F3N2O3/c14-13(15,16)10-5-7(2-4-21-10)11(12(19)20)8-1-3-18-6-9(8)17/h1-4,6-7,10-11H,5,17H2,(H,19,20). The first-order chi connectivity index (χ1) is 9.80. The summed E-state index contributed by atoms with van der Waals surface area (Å²) in [6.45, 7) is 0. The molecule has 21 heavy (non-hydrogen) atoms. The normalized spacial score (nSPS) is 23.4. The molecular formula is C13H13F3N2O3. The van der Waals surface area contributed by atoms with Gasteiger partial charge in [-0.15, -0.1) is 0 Å². The molecule has 0 radical (unpaired) electrons. The van der Waals surface area contributed by atoms with Gasteiger partial charge in [-0.3, -0.25) is 9.78 Å². The Balaban J connectivity index is 2.32. The number of nitrogens with two attached hydrogens (primary N) is 1. The zero-order valence-corrected chi connectivity index (χ0v) is 10.7.